The van der Waals surface area contributed by atoms with Crippen molar-refractivity contribution >= 4 is 11.6 Å². The Kier molecular flexibility index (Phi) is 5.81. The number of ether oxygens (including phenoxy) is 1. The average Bonchev–Trinajstić information content (AvgIpc) is 3.24. The lowest BCUT2D eigenvalue weighted by atomic mass is 10.1. The van der Waals surface area contributed by atoms with E-state index in [1.165, 1.54) is 10.5 Å². The van der Waals surface area contributed by atoms with Crippen molar-refractivity contribution in [1.82, 2.24) is 25.1 Å². The molecule has 2 heterocycles. The van der Waals surface area contributed by atoms with Crippen LogP contribution >= 0.6 is 0 Å². The average molecular weight is 392 g/mol. The molecule has 1 aliphatic rings. The molecule has 2 aromatic carbocycles. The number of amides is 1. The van der Waals surface area contributed by atoms with E-state index in [4.69, 9.17) is 4.74 Å². The molecule has 0 atom stereocenters. The molecular formula is C21H24N6O2. The summed E-state index contributed by atoms with van der Waals surface area (Å²) >= 11 is 0. The number of morpholine rings is 1. The van der Waals surface area contributed by atoms with Crippen LogP contribution in [-0.4, -0.2) is 64.4 Å². The van der Waals surface area contributed by atoms with Crippen molar-refractivity contribution in [3.05, 3.63) is 60.2 Å². The van der Waals surface area contributed by atoms with Crippen LogP contribution in [0.15, 0.2) is 54.6 Å². The normalized spacial score (nSPS) is 14.0. The predicted molar refractivity (Wildman–Crippen MR) is 109 cm³/mol. The van der Waals surface area contributed by atoms with Gasteiger partial charge in [0.2, 0.25) is 11.7 Å². The summed E-state index contributed by atoms with van der Waals surface area (Å²) in [5, 5.41) is 12.3. The molecule has 3 aromatic rings. The van der Waals surface area contributed by atoms with Crippen molar-refractivity contribution in [2.45, 2.75) is 13.1 Å². The van der Waals surface area contributed by atoms with E-state index in [1.54, 1.807) is 11.9 Å². The van der Waals surface area contributed by atoms with Crippen LogP contribution in [0.5, 0.6) is 0 Å². The van der Waals surface area contributed by atoms with Crippen LogP contribution < -0.4 is 4.90 Å². The minimum absolute atomic E-state index is 0.0577. The van der Waals surface area contributed by atoms with E-state index in [0.29, 0.717) is 12.4 Å². The molecule has 0 spiro atoms. The first-order chi connectivity index (χ1) is 14.2. The number of carbonyl (C=O) groups is 1. The fourth-order valence-electron chi connectivity index (χ4n) is 3.25. The third kappa shape index (κ3) is 4.78. The van der Waals surface area contributed by atoms with Gasteiger partial charge in [0.05, 0.1) is 13.2 Å². The van der Waals surface area contributed by atoms with Gasteiger partial charge in [-0.1, -0.05) is 42.5 Å². The van der Waals surface area contributed by atoms with Crippen molar-refractivity contribution < 1.29 is 9.53 Å². The van der Waals surface area contributed by atoms with Gasteiger partial charge in [-0.2, -0.15) is 4.80 Å². The standard InChI is InChI=1S/C21H24N6O2/c1-25(15-17-7-9-19(10-8-17)26-11-13-29-14-12-26)20(28)16-27-23-21(22-24-27)18-5-3-2-4-6-18/h2-10H,11-16H2,1H3. The Morgan fingerprint density at radius 3 is 2.52 bits per heavy atom. The molecule has 8 heteroatoms. The number of hydrogen-bond donors (Lipinski definition) is 0. The van der Waals surface area contributed by atoms with Gasteiger partial charge in [-0.25, -0.2) is 0 Å². The minimum atomic E-state index is -0.0701. The second-order valence-electron chi connectivity index (χ2n) is 7.03. The van der Waals surface area contributed by atoms with Crippen LogP contribution in [0, 0.1) is 0 Å². The summed E-state index contributed by atoms with van der Waals surface area (Å²) in [5.41, 5.74) is 3.14. The van der Waals surface area contributed by atoms with E-state index in [1.807, 2.05) is 30.3 Å². The molecule has 0 saturated carbocycles. The molecule has 1 aromatic heterocycles. The predicted octanol–water partition coefficient (Wildman–Crippen LogP) is 1.84. The summed E-state index contributed by atoms with van der Waals surface area (Å²) in [7, 11) is 1.78. The van der Waals surface area contributed by atoms with Gasteiger partial charge < -0.3 is 14.5 Å². The zero-order chi connectivity index (χ0) is 20.1. The van der Waals surface area contributed by atoms with Gasteiger partial charge in [-0.15, -0.1) is 10.2 Å². The number of hydrogen-bond acceptors (Lipinski definition) is 6. The smallest absolute Gasteiger partial charge is 0.246 e. The number of aromatic nitrogens is 4. The molecule has 0 radical (unpaired) electrons. The third-order valence-electron chi connectivity index (χ3n) is 4.92. The molecular weight excluding hydrogens is 368 g/mol. The first-order valence-corrected chi connectivity index (χ1v) is 9.68. The van der Waals surface area contributed by atoms with Crippen LogP contribution in [-0.2, 0) is 22.6 Å². The molecule has 29 heavy (non-hydrogen) atoms. The van der Waals surface area contributed by atoms with Gasteiger partial charge in [-0.05, 0) is 22.9 Å². The maximum Gasteiger partial charge on any atom is 0.246 e. The molecule has 150 valence electrons. The van der Waals surface area contributed by atoms with E-state index < -0.39 is 0 Å². The van der Waals surface area contributed by atoms with E-state index in [0.717, 1.165) is 37.4 Å². The highest BCUT2D eigenvalue weighted by atomic mass is 16.5. The maximum atomic E-state index is 12.6. The lowest BCUT2D eigenvalue weighted by molar-refractivity contribution is -0.131. The van der Waals surface area contributed by atoms with Gasteiger partial charge in [0.25, 0.3) is 0 Å². The van der Waals surface area contributed by atoms with Crippen molar-refractivity contribution in [1.29, 1.82) is 0 Å². The first-order valence-electron chi connectivity index (χ1n) is 9.68. The Bertz CT molecular complexity index is 935. The zero-order valence-corrected chi connectivity index (χ0v) is 16.4. The molecule has 8 nitrogen and oxygen atoms in total. The Labute approximate surface area is 169 Å². The monoisotopic (exact) mass is 392 g/mol. The quantitative estimate of drug-likeness (QED) is 0.637. The molecule has 1 saturated heterocycles. The Morgan fingerprint density at radius 2 is 1.79 bits per heavy atom. The molecule has 0 aliphatic carbocycles. The van der Waals surface area contributed by atoms with Crippen LogP contribution in [0.25, 0.3) is 11.4 Å². The second-order valence-corrected chi connectivity index (χ2v) is 7.03. The van der Waals surface area contributed by atoms with Crippen molar-refractivity contribution in [2.24, 2.45) is 0 Å². The summed E-state index contributed by atoms with van der Waals surface area (Å²) in [4.78, 5) is 17.9. The molecule has 1 fully saturated rings. The highest BCUT2D eigenvalue weighted by Crippen LogP contribution is 2.17. The van der Waals surface area contributed by atoms with Crippen LogP contribution in [0.4, 0.5) is 5.69 Å². The Morgan fingerprint density at radius 1 is 1.07 bits per heavy atom. The third-order valence-corrected chi connectivity index (χ3v) is 4.92. The van der Waals surface area contributed by atoms with Gasteiger partial charge in [0, 0.05) is 37.9 Å². The number of carbonyl (C=O) groups excluding carboxylic acids is 1. The first kappa shape index (κ1) is 19.1. The number of tetrazole rings is 1. The van der Waals surface area contributed by atoms with Gasteiger partial charge >= 0.3 is 0 Å². The van der Waals surface area contributed by atoms with Crippen LogP contribution in [0.2, 0.25) is 0 Å². The number of nitrogens with zero attached hydrogens (tertiary/aromatic N) is 6. The van der Waals surface area contributed by atoms with E-state index >= 15 is 0 Å². The highest BCUT2D eigenvalue weighted by molar-refractivity contribution is 5.75. The van der Waals surface area contributed by atoms with Crippen molar-refractivity contribution in [3.8, 4) is 11.4 Å². The maximum absolute atomic E-state index is 12.6. The highest BCUT2D eigenvalue weighted by Gasteiger charge is 2.14. The van der Waals surface area contributed by atoms with E-state index in [9.17, 15) is 4.79 Å². The summed E-state index contributed by atoms with van der Waals surface area (Å²) in [6.07, 6.45) is 0. The molecule has 1 aliphatic heterocycles. The molecule has 4 rings (SSSR count). The minimum Gasteiger partial charge on any atom is -0.378 e. The number of rotatable bonds is 6. The SMILES string of the molecule is CN(Cc1ccc(N2CCOCC2)cc1)C(=O)Cn1nnc(-c2ccccc2)n1. The van der Waals surface area contributed by atoms with Crippen molar-refractivity contribution in [2.75, 3.05) is 38.3 Å². The lowest BCUT2D eigenvalue weighted by Gasteiger charge is -2.29. The molecule has 0 bridgehead atoms. The zero-order valence-electron chi connectivity index (χ0n) is 16.4. The number of likely N-dealkylation sites (N-methyl/N-ethyl adjacent to an activating group) is 1. The fraction of sp³-hybridized carbons (Fsp3) is 0.333. The van der Waals surface area contributed by atoms with Gasteiger partial charge in [0.1, 0.15) is 6.54 Å². The Balaban J connectivity index is 1.33. The van der Waals surface area contributed by atoms with Gasteiger partial charge in [-0.3, -0.25) is 4.79 Å². The van der Waals surface area contributed by atoms with E-state index in [2.05, 4.69) is 44.6 Å². The van der Waals surface area contributed by atoms with E-state index in [-0.39, 0.29) is 12.5 Å². The molecule has 0 N–H and O–H groups in total. The second kappa shape index (κ2) is 8.83. The Hall–Kier alpha value is -3.26. The summed E-state index contributed by atoms with van der Waals surface area (Å²) in [6, 6.07) is 17.9. The summed E-state index contributed by atoms with van der Waals surface area (Å²) in [5.74, 6) is 0.444. The molecule has 1 amide bonds. The topological polar surface area (TPSA) is 76.4 Å². The number of anilines is 1. The van der Waals surface area contributed by atoms with Crippen molar-refractivity contribution in [3.63, 3.8) is 0 Å². The van der Waals surface area contributed by atoms with Crippen LogP contribution in [0.3, 0.4) is 0 Å². The largest absolute Gasteiger partial charge is 0.378 e. The fourth-order valence-corrected chi connectivity index (χ4v) is 3.25. The number of benzene rings is 2. The summed E-state index contributed by atoms with van der Waals surface area (Å²) < 4.78 is 5.40. The van der Waals surface area contributed by atoms with Crippen LogP contribution in [0.1, 0.15) is 5.56 Å². The molecule has 0 unspecified atom stereocenters. The van der Waals surface area contributed by atoms with Gasteiger partial charge in [0.15, 0.2) is 0 Å². The lowest BCUT2D eigenvalue weighted by Crippen LogP contribution is -2.36. The summed E-state index contributed by atoms with van der Waals surface area (Å²) in [6.45, 7) is 3.94.